The van der Waals surface area contributed by atoms with Crippen LogP contribution < -0.4 is 5.32 Å². The molecule has 0 aromatic carbocycles. The second-order valence-corrected chi connectivity index (χ2v) is 13.7. The van der Waals surface area contributed by atoms with E-state index in [1.165, 1.54) is 0 Å². The molecular formula is C34H53N3O7. The summed E-state index contributed by atoms with van der Waals surface area (Å²) in [4.78, 5) is 34.2. The van der Waals surface area contributed by atoms with Crippen molar-refractivity contribution in [1.29, 1.82) is 0 Å². The molecule has 10 heteroatoms. The zero-order valence-electron chi connectivity index (χ0n) is 27.4. The van der Waals surface area contributed by atoms with Crippen molar-refractivity contribution < 1.29 is 34.5 Å². The van der Waals surface area contributed by atoms with Crippen molar-refractivity contribution in [2.45, 2.75) is 84.1 Å². The SMILES string of the molecule is COC1=C(CN2O[C@@H](CO)[C@@H]([C@H](C)O)[C@H]2C(=O)N[C@H]2C[C@H](C(C)C)CC[C@@H]2C)C=CCC1C1C=C(C(=O)O)C=C(N(C)C)C1. The number of carboxylic acid groups (broad SMARTS) is 1. The molecule has 0 radical (unpaired) electrons. The number of nitrogens with zero attached hydrogens (tertiary/aromatic N) is 2. The molecule has 9 atom stereocenters. The number of aliphatic hydroxyl groups excluding tert-OH is 2. The molecule has 1 saturated carbocycles. The van der Waals surface area contributed by atoms with Gasteiger partial charge in [0.1, 0.15) is 17.9 Å². The van der Waals surface area contributed by atoms with E-state index in [4.69, 9.17) is 9.57 Å². The fourth-order valence-corrected chi connectivity index (χ4v) is 7.56. The second kappa shape index (κ2) is 14.6. The molecule has 10 nitrogen and oxygen atoms in total. The summed E-state index contributed by atoms with van der Waals surface area (Å²) in [6.45, 7) is 8.17. The minimum Gasteiger partial charge on any atom is -0.500 e. The largest absolute Gasteiger partial charge is 0.500 e. The van der Waals surface area contributed by atoms with Gasteiger partial charge in [0.25, 0.3) is 0 Å². The highest BCUT2D eigenvalue weighted by molar-refractivity contribution is 5.90. The molecule has 1 aliphatic heterocycles. The maximum absolute atomic E-state index is 14.1. The van der Waals surface area contributed by atoms with Crippen molar-refractivity contribution in [3.63, 3.8) is 0 Å². The predicted octanol–water partition coefficient (Wildman–Crippen LogP) is 3.49. The van der Waals surface area contributed by atoms with Gasteiger partial charge < -0.3 is 30.3 Å². The van der Waals surface area contributed by atoms with Gasteiger partial charge in [-0.25, -0.2) is 4.79 Å². The summed E-state index contributed by atoms with van der Waals surface area (Å²) < 4.78 is 6.00. The third kappa shape index (κ3) is 7.41. The number of amides is 1. The van der Waals surface area contributed by atoms with Gasteiger partial charge in [0.15, 0.2) is 0 Å². The van der Waals surface area contributed by atoms with E-state index in [9.17, 15) is 24.9 Å². The number of hydrogen-bond acceptors (Lipinski definition) is 8. The van der Waals surface area contributed by atoms with Crippen molar-refractivity contribution in [3.8, 4) is 0 Å². The van der Waals surface area contributed by atoms with Crippen molar-refractivity contribution in [1.82, 2.24) is 15.3 Å². The Morgan fingerprint density at radius 1 is 1.23 bits per heavy atom. The molecule has 4 rings (SSSR count). The number of aliphatic hydroxyl groups is 2. The molecule has 0 aromatic rings. The molecule has 2 unspecified atom stereocenters. The van der Waals surface area contributed by atoms with Crippen molar-refractivity contribution >= 4 is 11.9 Å². The van der Waals surface area contributed by atoms with Gasteiger partial charge in [-0.1, -0.05) is 39.0 Å². The number of hydroxylamine groups is 2. The highest BCUT2D eigenvalue weighted by Crippen LogP contribution is 2.41. The smallest absolute Gasteiger partial charge is 0.335 e. The number of carboxylic acids is 1. The molecule has 0 aromatic heterocycles. The first-order chi connectivity index (χ1) is 20.9. The minimum atomic E-state index is -0.964. The Kier molecular flexibility index (Phi) is 11.4. The zero-order valence-corrected chi connectivity index (χ0v) is 27.4. The van der Waals surface area contributed by atoms with Crippen molar-refractivity contribution in [3.05, 3.63) is 46.9 Å². The van der Waals surface area contributed by atoms with E-state index in [1.54, 1.807) is 25.2 Å². The summed E-state index contributed by atoms with van der Waals surface area (Å²) in [6.07, 6.45) is 10.4. The number of carbonyl (C=O) groups is 2. The lowest BCUT2D eigenvalue weighted by Gasteiger charge is -2.38. The summed E-state index contributed by atoms with van der Waals surface area (Å²) >= 11 is 0. The average Bonchev–Trinajstić information content (AvgIpc) is 3.36. The van der Waals surface area contributed by atoms with E-state index < -0.39 is 30.1 Å². The molecule has 0 bridgehead atoms. The summed E-state index contributed by atoms with van der Waals surface area (Å²) in [6, 6.07) is -0.781. The van der Waals surface area contributed by atoms with Gasteiger partial charge >= 0.3 is 5.97 Å². The molecule has 1 heterocycles. The topological polar surface area (TPSA) is 132 Å². The van der Waals surface area contributed by atoms with Crippen molar-refractivity contribution in [2.75, 3.05) is 34.4 Å². The third-order valence-corrected chi connectivity index (χ3v) is 10.3. The molecule has 4 N–H and O–H groups in total. The Balaban J connectivity index is 1.62. The quantitative estimate of drug-likeness (QED) is 0.276. The van der Waals surface area contributed by atoms with Crippen LogP contribution in [0, 0.1) is 35.5 Å². The summed E-state index contributed by atoms with van der Waals surface area (Å²) in [5, 5.41) is 35.7. The first-order valence-electron chi connectivity index (χ1n) is 16.1. The molecule has 0 spiro atoms. The fourth-order valence-electron chi connectivity index (χ4n) is 7.56. The number of ether oxygens (including phenoxy) is 1. The molecule has 1 saturated heterocycles. The molecule has 44 heavy (non-hydrogen) atoms. The van der Waals surface area contributed by atoms with Crippen LogP contribution in [0.2, 0.25) is 0 Å². The van der Waals surface area contributed by atoms with Crippen LogP contribution in [0.15, 0.2) is 46.9 Å². The lowest BCUT2D eigenvalue weighted by molar-refractivity contribution is -0.172. The number of methoxy groups -OCH3 is 1. The van der Waals surface area contributed by atoms with Gasteiger partial charge in [-0.05, 0) is 68.8 Å². The van der Waals surface area contributed by atoms with Gasteiger partial charge in [0, 0.05) is 43.2 Å². The number of allylic oxidation sites excluding steroid dienone is 4. The number of hydrogen-bond donors (Lipinski definition) is 4. The van der Waals surface area contributed by atoms with E-state index in [1.807, 2.05) is 31.1 Å². The van der Waals surface area contributed by atoms with E-state index in [0.29, 0.717) is 30.6 Å². The van der Waals surface area contributed by atoms with E-state index in [2.05, 4.69) is 32.2 Å². The molecular weight excluding hydrogens is 562 g/mol. The van der Waals surface area contributed by atoms with Crippen LogP contribution in [0.3, 0.4) is 0 Å². The molecule has 3 aliphatic carbocycles. The average molecular weight is 616 g/mol. The van der Waals surface area contributed by atoms with Gasteiger partial charge in [-0.3, -0.25) is 9.63 Å². The van der Waals surface area contributed by atoms with Gasteiger partial charge in [0.2, 0.25) is 5.91 Å². The Labute approximate surface area is 262 Å². The highest BCUT2D eigenvalue weighted by Gasteiger charge is 2.50. The molecule has 4 aliphatic rings. The van der Waals surface area contributed by atoms with Crippen LogP contribution >= 0.6 is 0 Å². The third-order valence-electron chi connectivity index (χ3n) is 10.3. The monoisotopic (exact) mass is 615 g/mol. The Morgan fingerprint density at radius 2 is 1.95 bits per heavy atom. The number of aliphatic carboxylic acids is 1. The maximum atomic E-state index is 14.1. The summed E-state index contributed by atoms with van der Waals surface area (Å²) in [7, 11) is 5.45. The van der Waals surface area contributed by atoms with E-state index in [0.717, 1.165) is 36.3 Å². The summed E-state index contributed by atoms with van der Waals surface area (Å²) in [5.74, 6) is 0.151. The standard InChI is InChI=1S/C34H53N3O7/c1-19(2)22-12-11-20(3)28(16-22)35-33(40)31-30(21(4)39)29(18-38)44-37(31)17-23-9-8-10-27(32(23)43-7)24-13-25(34(41)42)15-26(14-24)36(5)6/h8-9,13,15,19-22,24,27-31,38-39H,10-12,14,16-18H2,1-7H3,(H,35,40)(H,41,42)/t20-,21-,22+,24?,27?,28-,29-,30+,31-/m0/s1. The highest BCUT2D eigenvalue weighted by atomic mass is 16.7. The zero-order chi connectivity index (χ0) is 32.3. The van der Waals surface area contributed by atoms with E-state index >= 15 is 0 Å². The van der Waals surface area contributed by atoms with Crippen LogP contribution in [0.1, 0.15) is 59.8 Å². The minimum absolute atomic E-state index is 0.0292. The van der Waals surface area contributed by atoms with Crippen LogP contribution in [0.25, 0.3) is 0 Å². The predicted molar refractivity (Wildman–Crippen MR) is 168 cm³/mol. The Morgan fingerprint density at radius 3 is 2.55 bits per heavy atom. The maximum Gasteiger partial charge on any atom is 0.335 e. The molecule has 1 amide bonds. The van der Waals surface area contributed by atoms with Crippen molar-refractivity contribution in [2.24, 2.45) is 35.5 Å². The van der Waals surface area contributed by atoms with Crippen LogP contribution in [0.4, 0.5) is 0 Å². The number of nitrogens with one attached hydrogen (secondary N) is 1. The Bertz CT molecular complexity index is 1170. The Hall–Kier alpha value is -2.66. The van der Waals surface area contributed by atoms with Crippen LogP contribution in [-0.4, -0.2) is 95.8 Å². The van der Waals surface area contributed by atoms with Gasteiger partial charge in [-0.15, -0.1) is 0 Å². The van der Waals surface area contributed by atoms with Crippen LogP contribution in [-0.2, 0) is 19.2 Å². The molecule has 246 valence electrons. The molecule has 2 fully saturated rings. The second-order valence-electron chi connectivity index (χ2n) is 13.7. The normalized spacial score (nSPS) is 33.6. The lowest BCUT2D eigenvalue weighted by Crippen LogP contribution is -2.54. The number of rotatable bonds is 11. The fraction of sp³-hybridized carbons (Fsp3) is 0.706. The lowest BCUT2D eigenvalue weighted by atomic mass is 9.74. The van der Waals surface area contributed by atoms with E-state index in [-0.39, 0.29) is 42.5 Å². The summed E-state index contributed by atoms with van der Waals surface area (Å²) in [5.41, 5.74) is 2.02. The first-order valence-corrected chi connectivity index (χ1v) is 16.1. The number of carbonyl (C=O) groups excluding carboxylic acids is 1. The van der Waals surface area contributed by atoms with Gasteiger partial charge in [0.05, 0.1) is 31.9 Å². The van der Waals surface area contributed by atoms with Gasteiger partial charge in [-0.2, -0.15) is 5.06 Å². The van der Waals surface area contributed by atoms with Crippen LogP contribution in [0.5, 0.6) is 0 Å². The first kappa shape index (κ1) is 34.2.